The van der Waals surface area contributed by atoms with E-state index < -0.39 is 0 Å². The van der Waals surface area contributed by atoms with Crippen molar-refractivity contribution >= 4 is 22.7 Å². The van der Waals surface area contributed by atoms with Gasteiger partial charge in [-0.2, -0.15) is 0 Å². The molecule has 2 aromatic heterocycles. The first-order valence-electron chi connectivity index (χ1n) is 7.45. The third-order valence-electron chi connectivity index (χ3n) is 3.63. The molecule has 0 bridgehead atoms. The fraction of sp³-hybridized carbons (Fsp3) is 0.0526. The number of methoxy groups -OCH3 is 1. The van der Waals surface area contributed by atoms with Crippen molar-refractivity contribution in [2.75, 3.05) is 7.11 Å². The van der Waals surface area contributed by atoms with Gasteiger partial charge in [0.1, 0.15) is 5.75 Å². The Morgan fingerprint density at radius 1 is 0.750 bits per heavy atom. The minimum atomic E-state index is 0.836. The van der Waals surface area contributed by atoms with Crippen molar-refractivity contribution in [3.63, 3.8) is 0 Å². The second-order valence-corrected chi connectivity index (χ2v) is 6.89. The van der Waals surface area contributed by atoms with E-state index in [1.807, 2.05) is 42.5 Å². The van der Waals surface area contributed by atoms with Gasteiger partial charge in [0, 0.05) is 21.9 Å². The lowest BCUT2D eigenvalue weighted by atomic mass is 10.2. The van der Waals surface area contributed by atoms with Crippen LogP contribution in [-0.4, -0.2) is 17.1 Å². The largest absolute Gasteiger partial charge is 0.497 e. The van der Waals surface area contributed by atoms with Gasteiger partial charge in [0.05, 0.1) is 18.5 Å². The average molecular weight is 350 g/mol. The highest BCUT2D eigenvalue weighted by Gasteiger charge is 2.12. The predicted molar refractivity (Wildman–Crippen MR) is 101 cm³/mol. The van der Waals surface area contributed by atoms with Crippen LogP contribution < -0.4 is 4.74 Å². The Hall–Kier alpha value is -2.50. The van der Waals surface area contributed by atoms with Crippen LogP contribution in [0.1, 0.15) is 0 Å². The second kappa shape index (κ2) is 6.55. The van der Waals surface area contributed by atoms with Gasteiger partial charge in [-0.1, -0.05) is 42.5 Å². The van der Waals surface area contributed by atoms with Gasteiger partial charge in [0.2, 0.25) is 0 Å². The molecule has 0 aliphatic carbocycles. The first-order valence-corrected chi connectivity index (χ1v) is 9.21. The van der Waals surface area contributed by atoms with Crippen molar-refractivity contribution in [1.82, 2.24) is 9.97 Å². The van der Waals surface area contributed by atoms with Crippen LogP contribution in [0, 0.1) is 0 Å². The lowest BCUT2D eigenvalue weighted by Crippen LogP contribution is -1.84. The Labute approximate surface area is 148 Å². The lowest BCUT2D eigenvalue weighted by molar-refractivity contribution is 0.415. The van der Waals surface area contributed by atoms with Crippen LogP contribution in [0.25, 0.3) is 32.5 Å². The fourth-order valence-electron chi connectivity index (χ4n) is 2.40. The molecule has 24 heavy (non-hydrogen) atoms. The van der Waals surface area contributed by atoms with E-state index in [2.05, 4.69) is 22.9 Å². The van der Waals surface area contributed by atoms with E-state index >= 15 is 0 Å². The Morgan fingerprint density at radius 2 is 1.38 bits per heavy atom. The Morgan fingerprint density at radius 3 is 2.04 bits per heavy atom. The van der Waals surface area contributed by atoms with Crippen molar-refractivity contribution in [3.8, 4) is 38.3 Å². The summed E-state index contributed by atoms with van der Waals surface area (Å²) in [5.41, 5.74) is 4.13. The highest BCUT2D eigenvalue weighted by molar-refractivity contribution is 7.20. The highest BCUT2D eigenvalue weighted by Crippen LogP contribution is 2.33. The fourth-order valence-corrected chi connectivity index (χ4v) is 4.11. The maximum atomic E-state index is 5.29. The SMILES string of the molecule is COc1cccc(-c2csc(-c3nc(-c4ccccc4)cs3)n2)c1. The lowest BCUT2D eigenvalue weighted by Gasteiger charge is -2.01. The molecule has 2 heterocycles. The van der Waals surface area contributed by atoms with E-state index in [1.54, 1.807) is 29.8 Å². The Bertz CT molecular complexity index is 960. The van der Waals surface area contributed by atoms with Gasteiger partial charge in [-0.15, -0.1) is 22.7 Å². The van der Waals surface area contributed by atoms with E-state index in [-0.39, 0.29) is 0 Å². The van der Waals surface area contributed by atoms with Crippen LogP contribution in [0.3, 0.4) is 0 Å². The van der Waals surface area contributed by atoms with Crippen molar-refractivity contribution in [1.29, 1.82) is 0 Å². The Balaban J connectivity index is 1.64. The van der Waals surface area contributed by atoms with Crippen LogP contribution in [0.15, 0.2) is 65.4 Å². The molecule has 118 valence electrons. The van der Waals surface area contributed by atoms with Crippen molar-refractivity contribution in [3.05, 3.63) is 65.4 Å². The average Bonchev–Trinajstić information content (AvgIpc) is 3.32. The van der Waals surface area contributed by atoms with Crippen LogP contribution in [0.4, 0.5) is 0 Å². The maximum absolute atomic E-state index is 5.29. The van der Waals surface area contributed by atoms with Crippen LogP contribution >= 0.6 is 22.7 Å². The molecule has 0 saturated carbocycles. The summed E-state index contributed by atoms with van der Waals surface area (Å²) in [4.78, 5) is 9.48. The third kappa shape index (κ3) is 2.96. The molecule has 0 spiro atoms. The molecule has 0 aliphatic heterocycles. The maximum Gasteiger partial charge on any atom is 0.152 e. The molecule has 5 heteroatoms. The van der Waals surface area contributed by atoms with Gasteiger partial charge in [-0.3, -0.25) is 0 Å². The highest BCUT2D eigenvalue weighted by atomic mass is 32.1. The van der Waals surface area contributed by atoms with E-state index in [0.717, 1.165) is 38.3 Å². The minimum Gasteiger partial charge on any atom is -0.497 e. The number of hydrogen-bond acceptors (Lipinski definition) is 5. The summed E-state index contributed by atoms with van der Waals surface area (Å²) in [6, 6.07) is 18.2. The zero-order valence-electron chi connectivity index (χ0n) is 13.0. The molecule has 0 radical (unpaired) electrons. The zero-order chi connectivity index (χ0) is 16.4. The Kier molecular flexibility index (Phi) is 4.11. The third-order valence-corrected chi connectivity index (χ3v) is 5.45. The first kappa shape index (κ1) is 15.1. The van der Waals surface area contributed by atoms with Crippen LogP contribution in [0.5, 0.6) is 5.75 Å². The number of benzene rings is 2. The minimum absolute atomic E-state index is 0.836. The molecule has 0 amide bonds. The molecule has 3 nitrogen and oxygen atoms in total. The summed E-state index contributed by atoms with van der Waals surface area (Å²) in [7, 11) is 1.67. The summed E-state index contributed by atoms with van der Waals surface area (Å²) < 4.78 is 5.29. The molecule has 4 rings (SSSR count). The predicted octanol–water partition coefficient (Wildman–Crippen LogP) is 5.61. The molecule has 0 N–H and O–H groups in total. The number of hydrogen-bond donors (Lipinski definition) is 0. The van der Waals surface area contributed by atoms with Gasteiger partial charge in [-0.25, -0.2) is 9.97 Å². The number of thiazole rings is 2. The van der Waals surface area contributed by atoms with Gasteiger partial charge in [0.25, 0.3) is 0 Å². The second-order valence-electron chi connectivity index (χ2n) is 5.17. The molecule has 0 unspecified atom stereocenters. The first-order chi connectivity index (χ1) is 11.8. The monoisotopic (exact) mass is 350 g/mol. The topological polar surface area (TPSA) is 35.0 Å². The van der Waals surface area contributed by atoms with E-state index in [0.29, 0.717) is 0 Å². The van der Waals surface area contributed by atoms with E-state index in [1.165, 1.54) is 0 Å². The number of aromatic nitrogens is 2. The van der Waals surface area contributed by atoms with Crippen molar-refractivity contribution < 1.29 is 4.74 Å². The van der Waals surface area contributed by atoms with Gasteiger partial charge in [-0.05, 0) is 12.1 Å². The van der Waals surface area contributed by atoms with E-state index in [4.69, 9.17) is 14.7 Å². The molecule has 0 atom stereocenters. The summed E-state index contributed by atoms with van der Waals surface area (Å²) in [5, 5.41) is 6.04. The van der Waals surface area contributed by atoms with Crippen LogP contribution in [-0.2, 0) is 0 Å². The van der Waals surface area contributed by atoms with Crippen molar-refractivity contribution in [2.24, 2.45) is 0 Å². The standard InChI is InChI=1S/C19H14N2OS2/c1-22-15-9-5-8-14(10-15)17-12-24-19(21-17)18-20-16(11-23-18)13-6-3-2-4-7-13/h2-12H,1H3. The van der Waals surface area contributed by atoms with Gasteiger partial charge < -0.3 is 4.74 Å². The number of rotatable bonds is 4. The summed E-state index contributed by atoms with van der Waals surface area (Å²) in [6.07, 6.45) is 0. The molecule has 2 aromatic carbocycles. The number of ether oxygens (including phenoxy) is 1. The molecule has 4 aromatic rings. The molecular weight excluding hydrogens is 336 g/mol. The van der Waals surface area contributed by atoms with Gasteiger partial charge in [0.15, 0.2) is 10.0 Å². The summed E-state index contributed by atoms with van der Waals surface area (Å²) in [6.45, 7) is 0. The van der Waals surface area contributed by atoms with E-state index in [9.17, 15) is 0 Å². The smallest absolute Gasteiger partial charge is 0.152 e. The van der Waals surface area contributed by atoms with Crippen molar-refractivity contribution in [2.45, 2.75) is 0 Å². The molecule has 0 aliphatic rings. The zero-order valence-corrected chi connectivity index (χ0v) is 14.6. The summed E-state index contributed by atoms with van der Waals surface area (Å²) in [5.74, 6) is 0.836. The summed E-state index contributed by atoms with van der Waals surface area (Å²) >= 11 is 3.24. The normalized spacial score (nSPS) is 10.7. The number of nitrogens with zero attached hydrogens (tertiary/aromatic N) is 2. The quantitative estimate of drug-likeness (QED) is 0.480. The van der Waals surface area contributed by atoms with Crippen LogP contribution in [0.2, 0.25) is 0 Å². The molecule has 0 saturated heterocycles. The van der Waals surface area contributed by atoms with Gasteiger partial charge >= 0.3 is 0 Å². The molecule has 0 fully saturated rings. The molecular formula is C19H14N2OS2.